The average Bonchev–Trinajstić information content (AvgIpc) is 3.10. The number of carboxylic acid groups (broad SMARTS) is 1. The summed E-state index contributed by atoms with van der Waals surface area (Å²) in [5.74, 6) is -0.876. The molecule has 0 aliphatic rings. The molecule has 1 aromatic rings. The van der Waals surface area contributed by atoms with Crippen LogP contribution in [0.15, 0.2) is 29.7 Å². The van der Waals surface area contributed by atoms with Gasteiger partial charge in [0.15, 0.2) is 5.16 Å². The molecule has 29 heavy (non-hydrogen) atoms. The van der Waals surface area contributed by atoms with E-state index in [2.05, 4.69) is 18.0 Å². The number of hydrogen-bond acceptors (Lipinski definition) is 4. The van der Waals surface area contributed by atoms with Crippen LogP contribution in [0.2, 0.25) is 0 Å². The van der Waals surface area contributed by atoms with E-state index in [-0.39, 0.29) is 18.1 Å². The fraction of sp³-hybridized carbons (Fsp3) is 0.739. The van der Waals surface area contributed by atoms with Gasteiger partial charge in [-0.25, -0.2) is 4.98 Å². The van der Waals surface area contributed by atoms with E-state index in [0.717, 1.165) is 18.0 Å². The number of rotatable bonds is 18. The molecule has 5 nitrogen and oxygen atoms in total. The van der Waals surface area contributed by atoms with Gasteiger partial charge in [0.2, 0.25) is 0 Å². The van der Waals surface area contributed by atoms with E-state index in [0.29, 0.717) is 0 Å². The number of allylic oxidation sites excluding steroid dienone is 1. The molecule has 0 spiro atoms. The lowest BCUT2D eigenvalue weighted by atomic mass is 10.1. The summed E-state index contributed by atoms with van der Waals surface area (Å²) in [5.41, 5.74) is 0. The standard InChI is InChI=1S/C23H40N2O3S/c1-3-4-5-6-7-8-9-10-11-12-13-14-15-21(20(26)16-17-22(27)28)29-23-24-18-19-25(23)2/h14-15,18-21,26H,3-13,16-17H2,1-2H3,(H,27,28). The molecular formula is C23H40N2O3S. The number of thioether (sulfide) groups is 1. The van der Waals surface area contributed by atoms with Crippen molar-refractivity contribution in [1.82, 2.24) is 9.55 Å². The van der Waals surface area contributed by atoms with Crippen molar-refractivity contribution in [3.63, 3.8) is 0 Å². The Morgan fingerprint density at radius 2 is 1.76 bits per heavy atom. The van der Waals surface area contributed by atoms with Gasteiger partial charge in [-0.15, -0.1) is 0 Å². The van der Waals surface area contributed by atoms with E-state index in [1.54, 1.807) is 6.20 Å². The largest absolute Gasteiger partial charge is 0.481 e. The van der Waals surface area contributed by atoms with Crippen LogP contribution in [0, 0.1) is 0 Å². The van der Waals surface area contributed by atoms with Crippen LogP contribution in [0.25, 0.3) is 0 Å². The average molecular weight is 425 g/mol. The van der Waals surface area contributed by atoms with Crippen molar-refractivity contribution < 1.29 is 15.0 Å². The summed E-state index contributed by atoms with van der Waals surface area (Å²) in [7, 11) is 1.92. The van der Waals surface area contributed by atoms with Crippen molar-refractivity contribution in [1.29, 1.82) is 0 Å². The molecule has 0 radical (unpaired) electrons. The number of aliphatic carboxylic acids is 1. The second-order valence-electron chi connectivity index (χ2n) is 7.80. The first-order valence-corrected chi connectivity index (χ1v) is 12.1. The quantitative estimate of drug-likeness (QED) is 0.172. The highest BCUT2D eigenvalue weighted by Gasteiger charge is 2.20. The van der Waals surface area contributed by atoms with E-state index < -0.39 is 12.1 Å². The van der Waals surface area contributed by atoms with Gasteiger partial charge in [0.05, 0.1) is 11.4 Å². The second-order valence-corrected chi connectivity index (χ2v) is 8.95. The van der Waals surface area contributed by atoms with Gasteiger partial charge in [0, 0.05) is 25.9 Å². The summed E-state index contributed by atoms with van der Waals surface area (Å²) in [6, 6.07) is 0. The van der Waals surface area contributed by atoms with Crippen LogP contribution < -0.4 is 0 Å². The highest BCUT2D eigenvalue weighted by atomic mass is 32.2. The summed E-state index contributed by atoms with van der Waals surface area (Å²) in [6.45, 7) is 2.25. The molecule has 0 bridgehead atoms. The third kappa shape index (κ3) is 12.8. The number of aromatic nitrogens is 2. The van der Waals surface area contributed by atoms with Crippen molar-refractivity contribution in [2.75, 3.05) is 0 Å². The van der Waals surface area contributed by atoms with Crippen LogP contribution in [-0.2, 0) is 11.8 Å². The lowest BCUT2D eigenvalue weighted by Crippen LogP contribution is -2.22. The zero-order valence-corrected chi connectivity index (χ0v) is 19.1. The maximum absolute atomic E-state index is 10.8. The van der Waals surface area contributed by atoms with E-state index >= 15 is 0 Å². The van der Waals surface area contributed by atoms with Crippen LogP contribution in [0.5, 0.6) is 0 Å². The van der Waals surface area contributed by atoms with Crippen molar-refractivity contribution in [2.24, 2.45) is 7.05 Å². The number of unbranched alkanes of at least 4 members (excludes halogenated alkanes) is 10. The first-order valence-electron chi connectivity index (χ1n) is 11.2. The third-order valence-corrected chi connectivity index (χ3v) is 6.45. The highest BCUT2D eigenvalue weighted by Crippen LogP contribution is 2.27. The van der Waals surface area contributed by atoms with Gasteiger partial charge in [-0.05, 0) is 19.3 Å². The molecule has 166 valence electrons. The molecule has 6 heteroatoms. The summed E-state index contributed by atoms with van der Waals surface area (Å²) in [4.78, 5) is 15.1. The lowest BCUT2D eigenvalue weighted by Gasteiger charge is -2.18. The Hall–Kier alpha value is -1.27. The van der Waals surface area contributed by atoms with E-state index in [1.165, 1.54) is 69.5 Å². The first-order chi connectivity index (χ1) is 14.0. The Morgan fingerprint density at radius 3 is 2.31 bits per heavy atom. The highest BCUT2D eigenvalue weighted by molar-refractivity contribution is 8.00. The normalized spacial score (nSPS) is 13.8. The SMILES string of the molecule is CCCCCCCCCCCCC=CC(Sc1nccn1C)C(O)CCC(=O)O. The van der Waals surface area contributed by atoms with Gasteiger partial charge >= 0.3 is 5.97 Å². The smallest absolute Gasteiger partial charge is 0.303 e. The molecule has 1 aromatic heterocycles. The number of aliphatic hydroxyl groups excluding tert-OH is 1. The van der Waals surface area contributed by atoms with E-state index in [4.69, 9.17) is 5.11 Å². The maximum atomic E-state index is 10.8. The van der Waals surface area contributed by atoms with Crippen LogP contribution in [0.4, 0.5) is 0 Å². The van der Waals surface area contributed by atoms with Crippen LogP contribution in [-0.4, -0.2) is 37.1 Å². The molecule has 0 fully saturated rings. The van der Waals surface area contributed by atoms with Gasteiger partial charge in [-0.3, -0.25) is 4.79 Å². The Balaban J connectivity index is 2.28. The zero-order valence-electron chi connectivity index (χ0n) is 18.3. The predicted molar refractivity (Wildman–Crippen MR) is 121 cm³/mol. The third-order valence-electron chi connectivity index (χ3n) is 5.10. The van der Waals surface area contributed by atoms with E-state index in [9.17, 15) is 9.90 Å². The number of aryl methyl sites for hydroxylation is 1. The van der Waals surface area contributed by atoms with Crippen LogP contribution in [0.1, 0.15) is 90.4 Å². The maximum Gasteiger partial charge on any atom is 0.303 e. The van der Waals surface area contributed by atoms with Crippen molar-refractivity contribution in [3.8, 4) is 0 Å². The Kier molecular flexibility index (Phi) is 14.7. The Bertz CT molecular complexity index is 574. The summed E-state index contributed by atoms with van der Waals surface area (Å²) < 4.78 is 1.91. The van der Waals surface area contributed by atoms with Gasteiger partial charge in [0.25, 0.3) is 0 Å². The minimum Gasteiger partial charge on any atom is -0.481 e. The number of carboxylic acids is 1. The first kappa shape index (κ1) is 25.8. The number of carbonyl (C=O) groups is 1. The molecular weight excluding hydrogens is 384 g/mol. The Labute approximate surface area is 181 Å². The van der Waals surface area contributed by atoms with Crippen LogP contribution in [0.3, 0.4) is 0 Å². The molecule has 2 atom stereocenters. The van der Waals surface area contributed by atoms with Gasteiger partial charge in [-0.1, -0.05) is 88.6 Å². The minimum atomic E-state index is -0.876. The summed E-state index contributed by atoms with van der Waals surface area (Å²) >= 11 is 1.49. The topological polar surface area (TPSA) is 75.3 Å². The predicted octanol–water partition coefficient (Wildman–Crippen LogP) is 5.97. The molecule has 0 aromatic carbocycles. The molecule has 1 heterocycles. The fourth-order valence-electron chi connectivity index (χ4n) is 3.25. The monoisotopic (exact) mass is 424 g/mol. The molecule has 2 unspecified atom stereocenters. The number of aliphatic hydroxyl groups is 1. The van der Waals surface area contributed by atoms with Gasteiger partial charge < -0.3 is 14.8 Å². The molecule has 1 rings (SSSR count). The Morgan fingerprint density at radius 1 is 1.14 bits per heavy atom. The summed E-state index contributed by atoms with van der Waals surface area (Å²) in [5, 5.41) is 20.0. The van der Waals surface area contributed by atoms with Gasteiger partial charge in [0.1, 0.15) is 0 Å². The van der Waals surface area contributed by atoms with Crippen molar-refractivity contribution >= 4 is 17.7 Å². The molecule has 0 amide bonds. The number of imidazole rings is 1. The zero-order chi connectivity index (χ0) is 21.3. The number of nitrogens with zero attached hydrogens (tertiary/aromatic N) is 2. The molecule has 0 saturated carbocycles. The molecule has 0 aliphatic heterocycles. The fourth-order valence-corrected chi connectivity index (χ4v) is 4.32. The van der Waals surface area contributed by atoms with Crippen LogP contribution >= 0.6 is 11.8 Å². The second kappa shape index (κ2) is 16.5. The van der Waals surface area contributed by atoms with Crippen molar-refractivity contribution in [2.45, 2.75) is 107 Å². The van der Waals surface area contributed by atoms with Gasteiger partial charge in [-0.2, -0.15) is 0 Å². The number of hydrogen-bond donors (Lipinski definition) is 2. The summed E-state index contributed by atoms with van der Waals surface area (Å²) in [6.07, 6.45) is 21.5. The molecule has 0 aliphatic carbocycles. The molecule has 2 N–H and O–H groups in total. The lowest BCUT2D eigenvalue weighted by molar-refractivity contribution is -0.137. The molecule has 0 saturated heterocycles. The van der Waals surface area contributed by atoms with E-state index in [1.807, 2.05) is 23.9 Å². The minimum absolute atomic E-state index is 0.0227. The van der Waals surface area contributed by atoms with Crippen molar-refractivity contribution in [3.05, 3.63) is 24.5 Å².